The van der Waals surface area contributed by atoms with Crippen molar-refractivity contribution in [2.45, 2.75) is 13.2 Å². The summed E-state index contributed by atoms with van der Waals surface area (Å²) >= 11 is 0. The highest BCUT2D eigenvalue weighted by atomic mass is 16.5. The molecule has 0 aliphatic carbocycles. The Morgan fingerprint density at radius 1 is 1.05 bits per heavy atom. The summed E-state index contributed by atoms with van der Waals surface area (Å²) in [5, 5.41) is 20.7. The van der Waals surface area contributed by atoms with Gasteiger partial charge in [-0.2, -0.15) is 5.26 Å². The molecule has 0 fully saturated rings. The van der Waals surface area contributed by atoms with Crippen molar-refractivity contribution in [2.24, 2.45) is 0 Å². The second kappa shape index (κ2) is 6.50. The zero-order chi connectivity index (χ0) is 15.2. The first-order valence-corrected chi connectivity index (χ1v) is 6.77. The van der Waals surface area contributed by atoms with E-state index in [2.05, 4.69) is 21.6 Å². The zero-order valence-corrected chi connectivity index (χ0v) is 11.8. The Bertz CT molecular complexity index is 792. The largest absolute Gasteiger partial charge is 0.484 e. The topological polar surface area (TPSA) is 76.6 Å². The molecule has 6 heteroatoms. The third-order valence-electron chi connectivity index (χ3n) is 3.15. The van der Waals surface area contributed by atoms with E-state index in [1.165, 1.54) is 0 Å². The number of ether oxygens (including phenoxy) is 1. The van der Waals surface area contributed by atoms with Gasteiger partial charge in [0.1, 0.15) is 18.4 Å². The van der Waals surface area contributed by atoms with Crippen molar-refractivity contribution in [2.75, 3.05) is 0 Å². The molecule has 108 valence electrons. The molecule has 0 aliphatic rings. The van der Waals surface area contributed by atoms with Crippen LogP contribution in [0.4, 0.5) is 0 Å². The fourth-order valence-electron chi connectivity index (χ4n) is 2.03. The average Bonchev–Trinajstić information content (AvgIpc) is 3.01. The first-order chi connectivity index (χ1) is 10.9. The second-order valence-electron chi connectivity index (χ2n) is 4.63. The van der Waals surface area contributed by atoms with E-state index in [9.17, 15) is 0 Å². The van der Waals surface area contributed by atoms with E-state index in [0.717, 1.165) is 5.56 Å². The summed E-state index contributed by atoms with van der Waals surface area (Å²) in [6.45, 7) is 0.783. The maximum Gasteiger partial charge on any atom is 0.189 e. The molecule has 0 N–H and O–H groups in total. The number of hydrogen-bond acceptors (Lipinski definition) is 5. The third kappa shape index (κ3) is 3.10. The normalized spacial score (nSPS) is 10.1. The molecule has 0 saturated carbocycles. The molecule has 0 spiro atoms. The minimum absolute atomic E-state index is 0.207. The average molecular weight is 291 g/mol. The van der Waals surface area contributed by atoms with Crippen molar-refractivity contribution in [3.63, 3.8) is 0 Å². The van der Waals surface area contributed by atoms with Gasteiger partial charge in [-0.15, -0.1) is 5.10 Å². The monoisotopic (exact) mass is 291 g/mol. The van der Waals surface area contributed by atoms with Gasteiger partial charge < -0.3 is 4.74 Å². The number of rotatable bonds is 5. The maximum absolute atomic E-state index is 9.05. The van der Waals surface area contributed by atoms with Crippen molar-refractivity contribution >= 4 is 0 Å². The molecular weight excluding hydrogens is 278 g/mol. The van der Waals surface area contributed by atoms with Crippen molar-refractivity contribution in [3.05, 3.63) is 71.5 Å². The Labute approximate surface area is 127 Å². The van der Waals surface area contributed by atoms with Crippen LogP contribution in [-0.2, 0) is 13.2 Å². The first kappa shape index (κ1) is 13.8. The Morgan fingerprint density at radius 2 is 1.82 bits per heavy atom. The van der Waals surface area contributed by atoms with Crippen LogP contribution in [0.5, 0.6) is 5.75 Å². The Balaban J connectivity index is 1.72. The van der Waals surface area contributed by atoms with Crippen LogP contribution in [0.2, 0.25) is 0 Å². The zero-order valence-electron chi connectivity index (χ0n) is 11.8. The lowest BCUT2D eigenvalue weighted by Crippen LogP contribution is -2.10. The Kier molecular flexibility index (Phi) is 4.07. The van der Waals surface area contributed by atoms with Gasteiger partial charge in [0.25, 0.3) is 0 Å². The van der Waals surface area contributed by atoms with E-state index in [1.807, 2.05) is 36.4 Å². The quantitative estimate of drug-likeness (QED) is 0.720. The molecule has 0 amide bonds. The van der Waals surface area contributed by atoms with Crippen molar-refractivity contribution in [1.82, 2.24) is 20.2 Å². The molecule has 1 heterocycles. The maximum atomic E-state index is 9.05. The second-order valence-corrected chi connectivity index (χ2v) is 4.63. The number of para-hydroxylation sites is 1. The smallest absolute Gasteiger partial charge is 0.189 e. The van der Waals surface area contributed by atoms with Crippen LogP contribution in [-0.4, -0.2) is 20.2 Å². The SMILES string of the molecule is N#Cc1ccccc1OCc1nnnn1Cc1ccccc1. The molecule has 1 aromatic heterocycles. The van der Waals surface area contributed by atoms with Gasteiger partial charge in [-0.1, -0.05) is 42.5 Å². The minimum Gasteiger partial charge on any atom is -0.484 e. The summed E-state index contributed by atoms with van der Waals surface area (Å²) in [6.07, 6.45) is 0. The van der Waals surface area contributed by atoms with E-state index >= 15 is 0 Å². The van der Waals surface area contributed by atoms with Crippen molar-refractivity contribution < 1.29 is 4.74 Å². The molecule has 0 radical (unpaired) electrons. The van der Waals surface area contributed by atoms with Crippen LogP contribution < -0.4 is 4.74 Å². The minimum atomic E-state index is 0.207. The fourth-order valence-corrected chi connectivity index (χ4v) is 2.03. The van der Waals surface area contributed by atoms with Gasteiger partial charge in [0.2, 0.25) is 0 Å². The van der Waals surface area contributed by atoms with Gasteiger partial charge in [0.15, 0.2) is 5.82 Å². The standard InChI is InChI=1S/C16H13N5O/c17-10-14-8-4-5-9-15(14)22-12-16-18-19-20-21(16)11-13-6-2-1-3-7-13/h1-9H,11-12H2. The highest BCUT2D eigenvalue weighted by Gasteiger charge is 2.09. The predicted molar refractivity (Wildman–Crippen MR) is 78.9 cm³/mol. The van der Waals surface area contributed by atoms with Crippen LogP contribution >= 0.6 is 0 Å². The Morgan fingerprint density at radius 3 is 2.64 bits per heavy atom. The lowest BCUT2D eigenvalue weighted by molar-refractivity contribution is 0.287. The Hall–Kier alpha value is -3.20. The summed E-state index contributed by atoms with van der Waals surface area (Å²) in [5.41, 5.74) is 1.60. The summed E-state index contributed by atoms with van der Waals surface area (Å²) in [6, 6.07) is 19.1. The van der Waals surface area contributed by atoms with E-state index in [0.29, 0.717) is 23.7 Å². The van der Waals surface area contributed by atoms with Crippen LogP contribution in [0.25, 0.3) is 0 Å². The lowest BCUT2D eigenvalue weighted by Gasteiger charge is -2.08. The van der Waals surface area contributed by atoms with Crippen molar-refractivity contribution in [3.8, 4) is 11.8 Å². The third-order valence-corrected chi connectivity index (χ3v) is 3.15. The summed E-state index contributed by atoms with van der Waals surface area (Å²) in [4.78, 5) is 0. The van der Waals surface area contributed by atoms with Crippen LogP contribution in [0.1, 0.15) is 17.0 Å². The van der Waals surface area contributed by atoms with Crippen LogP contribution in [0.15, 0.2) is 54.6 Å². The number of nitrogens with zero attached hydrogens (tertiary/aromatic N) is 5. The van der Waals surface area contributed by atoms with Gasteiger partial charge in [-0.3, -0.25) is 0 Å². The van der Waals surface area contributed by atoms with E-state index in [4.69, 9.17) is 10.00 Å². The summed E-state index contributed by atoms with van der Waals surface area (Å²) < 4.78 is 7.35. The molecule has 0 unspecified atom stereocenters. The van der Waals surface area contributed by atoms with Gasteiger partial charge >= 0.3 is 0 Å². The van der Waals surface area contributed by atoms with Gasteiger partial charge in [-0.05, 0) is 28.1 Å². The highest BCUT2D eigenvalue weighted by molar-refractivity contribution is 5.42. The summed E-state index contributed by atoms with van der Waals surface area (Å²) in [5.74, 6) is 1.14. The molecule has 2 aromatic carbocycles. The molecule has 3 aromatic rings. The number of tetrazole rings is 1. The van der Waals surface area contributed by atoms with E-state index < -0.39 is 0 Å². The molecule has 0 atom stereocenters. The van der Waals surface area contributed by atoms with Gasteiger partial charge in [0.05, 0.1) is 12.1 Å². The molecule has 0 saturated heterocycles. The molecule has 3 rings (SSSR count). The molecule has 0 aliphatic heterocycles. The number of benzene rings is 2. The predicted octanol–water partition coefficient (Wildman–Crippen LogP) is 2.17. The van der Waals surface area contributed by atoms with Crippen LogP contribution in [0.3, 0.4) is 0 Å². The molecule has 6 nitrogen and oxygen atoms in total. The first-order valence-electron chi connectivity index (χ1n) is 6.77. The summed E-state index contributed by atoms with van der Waals surface area (Å²) in [7, 11) is 0. The number of hydrogen-bond donors (Lipinski definition) is 0. The fraction of sp³-hybridized carbons (Fsp3) is 0.125. The van der Waals surface area contributed by atoms with E-state index in [-0.39, 0.29) is 6.61 Å². The molecule has 22 heavy (non-hydrogen) atoms. The van der Waals surface area contributed by atoms with Crippen molar-refractivity contribution in [1.29, 1.82) is 5.26 Å². The van der Waals surface area contributed by atoms with Gasteiger partial charge in [0, 0.05) is 0 Å². The molecular formula is C16H13N5O. The molecule has 0 bridgehead atoms. The lowest BCUT2D eigenvalue weighted by atomic mass is 10.2. The van der Waals surface area contributed by atoms with E-state index in [1.54, 1.807) is 22.9 Å². The van der Waals surface area contributed by atoms with Crippen LogP contribution in [0, 0.1) is 11.3 Å². The highest BCUT2D eigenvalue weighted by Crippen LogP contribution is 2.17. The number of aromatic nitrogens is 4. The number of nitriles is 1. The van der Waals surface area contributed by atoms with Gasteiger partial charge in [-0.25, -0.2) is 4.68 Å².